The summed E-state index contributed by atoms with van der Waals surface area (Å²) < 4.78 is 12.8. The van der Waals surface area contributed by atoms with E-state index in [-0.39, 0.29) is 5.75 Å². The number of hydrogen-bond acceptors (Lipinski definition) is 1. The van der Waals surface area contributed by atoms with E-state index in [2.05, 4.69) is 15.9 Å². The number of benzene rings is 1. The molecule has 0 saturated heterocycles. The van der Waals surface area contributed by atoms with Gasteiger partial charge < -0.3 is 5.11 Å². The molecule has 0 saturated carbocycles. The number of alkyl halides is 1. The highest BCUT2D eigenvalue weighted by atomic mass is 79.9. The summed E-state index contributed by atoms with van der Waals surface area (Å²) in [4.78, 5) is 0.321. The number of aromatic hydroxyl groups is 1. The summed E-state index contributed by atoms with van der Waals surface area (Å²) in [5, 5.41) is 8.89. The third-order valence-electron chi connectivity index (χ3n) is 1.53. The highest BCUT2D eigenvalue weighted by Crippen LogP contribution is 2.18. The lowest BCUT2D eigenvalue weighted by atomic mass is 10.1. The average Bonchev–Trinajstić information content (AvgIpc) is 1.96. The van der Waals surface area contributed by atoms with E-state index in [1.807, 2.05) is 6.92 Å². The Hall–Kier alpha value is -0.570. The first-order chi connectivity index (χ1) is 5.59. The molecule has 3 heteroatoms. The van der Waals surface area contributed by atoms with Crippen molar-refractivity contribution in [2.24, 2.45) is 0 Å². The first-order valence-electron chi connectivity index (χ1n) is 3.71. The van der Waals surface area contributed by atoms with Crippen LogP contribution < -0.4 is 0 Å². The van der Waals surface area contributed by atoms with E-state index >= 15 is 0 Å². The van der Waals surface area contributed by atoms with Crippen LogP contribution in [-0.2, 0) is 6.42 Å². The van der Waals surface area contributed by atoms with E-state index in [9.17, 15) is 4.39 Å². The molecule has 1 aromatic rings. The van der Waals surface area contributed by atoms with Crippen LogP contribution in [0, 0.1) is 5.82 Å². The number of rotatable bonds is 2. The van der Waals surface area contributed by atoms with Crippen LogP contribution in [0.1, 0.15) is 12.5 Å². The molecule has 0 heterocycles. The van der Waals surface area contributed by atoms with Gasteiger partial charge in [0.05, 0.1) is 0 Å². The van der Waals surface area contributed by atoms with E-state index < -0.39 is 5.82 Å². The van der Waals surface area contributed by atoms with Gasteiger partial charge in [0.1, 0.15) is 0 Å². The Balaban J connectivity index is 2.82. The lowest BCUT2D eigenvalue weighted by Gasteiger charge is -2.03. The van der Waals surface area contributed by atoms with Crippen LogP contribution in [0.3, 0.4) is 0 Å². The van der Waals surface area contributed by atoms with Gasteiger partial charge in [0.2, 0.25) is 0 Å². The van der Waals surface area contributed by atoms with Crippen LogP contribution in [0.25, 0.3) is 0 Å². The largest absolute Gasteiger partial charge is 0.505 e. The van der Waals surface area contributed by atoms with Gasteiger partial charge in [0.15, 0.2) is 11.6 Å². The lowest BCUT2D eigenvalue weighted by Crippen LogP contribution is -1.96. The van der Waals surface area contributed by atoms with Gasteiger partial charge in [-0.15, -0.1) is 0 Å². The van der Waals surface area contributed by atoms with E-state index in [0.29, 0.717) is 4.83 Å². The highest BCUT2D eigenvalue weighted by molar-refractivity contribution is 9.09. The molecular weight excluding hydrogens is 223 g/mol. The van der Waals surface area contributed by atoms with Crippen LogP contribution in [0.2, 0.25) is 0 Å². The summed E-state index contributed by atoms with van der Waals surface area (Å²) in [6.45, 7) is 1.99. The molecule has 1 unspecified atom stereocenters. The molecule has 0 aromatic heterocycles. The fourth-order valence-electron chi connectivity index (χ4n) is 1.00. The first kappa shape index (κ1) is 9.52. The average molecular weight is 233 g/mol. The Bertz CT molecular complexity index is 273. The highest BCUT2D eigenvalue weighted by Gasteiger charge is 2.03. The molecule has 0 amide bonds. The smallest absolute Gasteiger partial charge is 0.165 e. The van der Waals surface area contributed by atoms with Gasteiger partial charge in [-0.05, 0) is 24.1 Å². The van der Waals surface area contributed by atoms with Crippen molar-refractivity contribution in [1.82, 2.24) is 0 Å². The summed E-state index contributed by atoms with van der Waals surface area (Å²) in [6.07, 6.45) is 0.761. The second-order valence-corrected chi connectivity index (χ2v) is 4.33. The van der Waals surface area contributed by atoms with Crippen molar-refractivity contribution in [3.63, 3.8) is 0 Å². The minimum absolute atomic E-state index is 0.291. The van der Waals surface area contributed by atoms with Crippen molar-refractivity contribution in [2.45, 2.75) is 18.2 Å². The fraction of sp³-hybridized carbons (Fsp3) is 0.333. The Morgan fingerprint density at radius 2 is 2.25 bits per heavy atom. The molecule has 0 bridgehead atoms. The Kier molecular flexibility index (Phi) is 3.09. The van der Waals surface area contributed by atoms with Crippen LogP contribution in [0.5, 0.6) is 5.75 Å². The molecule has 0 aliphatic rings. The maximum atomic E-state index is 12.8. The maximum absolute atomic E-state index is 12.8. The van der Waals surface area contributed by atoms with Crippen molar-refractivity contribution in [3.05, 3.63) is 29.6 Å². The predicted octanol–water partition coefficient (Wildman–Crippen LogP) is 2.86. The van der Waals surface area contributed by atoms with Crippen LogP contribution in [0.15, 0.2) is 18.2 Å². The van der Waals surface area contributed by atoms with Crippen molar-refractivity contribution in [1.29, 1.82) is 0 Å². The maximum Gasteiger partial charge on any atom is 0.165 e. The summed E-state index contributed by atoms with van der Waals surface area (Å²) in [7, 11) is 0. The quantitative estimate of drug-likeness (QED) is 0.778. The number of phenolic OH excluding ortho intramolecular Hbond substituents is 1. The third kappa shape index (κ3) is 2.48. The molecule has 0 radical (unpaired) electrons. The fourth-order valence-corrected chi connectivity index (χ4v) is 1.38. The van der Waals surface area contributed by atoms with Gasteiger partial charge in [-0.1, -0.05) is 28.9 Å². The van der Waals surface area contributed by atoms with Gasteiger partial charge in [-0.25, -0.2) is 4.39 Å². The molecule has 1 rings (SSSR count). The minimum Gasteiger partial charge on any atom is -0.505 e. The molecule has 1 atom stereocenters. The van der Waals surface area contributed by atoms with Crippen molar-refractivity contribution < 1.29 is 9.50 Å². The van der Waals surface area contributed by atoms with E-state index in [4.69, 9.17) is 5.11 Å². The van der Waals surface area contributed by atoms with Crippen LogP contribution in [0.4, 0.5) is 4.39 Å². The molecule has 12 heavy (non-hydrogen) atoms. The summed E-state index contributed by atoms with van der Waals surface area (Å²) in [5.74, 6) is -0.846. The number of hydrogen-bond donors (Lipinski definition) is 1. The summed E-state index contributed by atoms with van der Waals surface area (Å²) in [6, 6.07) is 4.45. The summed E-state index contributed by atoms with van der Waals surface area (Å²) in [5.41, 5.74) is 0.884. The van der Waals surface area contributed by atoms with Gasteiger partial charge in [-0.3, -0.25) is 0 Å². The van der Waals surface area contributed by atoms with Crippen molar-refractivity contribution in [3.8, 4) is 5.75 Å². The van der Waals surface area contributed by atoms with E-state index in [0.717, 1.165) is 12.0 Å². The molecule has 1 N–H and O–H groups in total. The van der Waals surface area contributed by atoms with Gasteiger partial charge in [0.25, 0.3) is 0 Å². The number of halogens is 2. The zero-order chi connectivity index (χ0) is 9.14. The molecule has 0 aliphatic carbocycles. The van der Waals surface area contributed by atoms with Crippen LogP contribution >= 0.6 is 15.9 Å². The minimum atomic E-state index is -0.555. The van der Waals surface area contributed by atoms with Crippen LogP contribution in [-0.4, -0.2) is 9.93 Å². The lowest BCUT2D eigenvalue weighted by molar-refractivity contribution is 0.432. The van der Waals surface area contributed by atoms with Crippen molar-refractivity contribution in [2.75, 3.05) is 0 Å². The Morgan fingerprint density at radius 3 is 2.75 bits per heavy atom. The Labute approximate surface area is 79.4 Å². The third-order valence-corrected chi connectivity index (χ3v) is 1.85. The van der Waals surface area contributed by atoms with Gasteiger partial charge >= 0.3 is 0 Å². The molecular formula is C9H10BrFO. The Morgan fingerprint density at radius 1 is 1.58 bits per heavy atom. The zero-order valence-electron chi connectivity index (χ0n) is 6.72. The van der Waals surface area contributed by atoms with Gasteiger partial charge in [0, 0.05) is 4.83 Å². The molecule has 0 spiro atoms. The first-order valence-corrected chi connectivity index (χ1v) is 4.62. The topological polar surface area (TPSA) is 20.2 Å². The molecule has 0 fully saturated rings. The normalized spacial score (nSPS) is 12.9. The monoisotopic (exact) mass is 232 g/mol. The van der Waals surface area contributed by atoms with Crippen molar-refractivity contribution >= 4 is 15.9 Å². The molecule has 1 aromatic carbocycles. The summed E-state index contributed by atoms with van der Waals surface area (Å²) >= 11 is 3.37. The predicted molar refractivity (Wildman–Crippen MR) is 50.2 cm³/mol. The molecule has 0 aliphatic heterocycles. The van der Waals surface area contributed by atoms with E-state index in [1.54, 1.807) is 6.07 Å². The standard InChI is InChI=1S/C9H10BrFO/c1-6(10)4-7-2-3-9(12)8(11)5-7/h2-3,5-6,12H,4H2,1H3. The second-order valence-electron chi connectivity index (χ2n) is 2.77. The second kappa shape index (κ2) is 3.90. The molecule has 66 valence electrons. The number of phenols is 1. The zero-order valence-corrected chi connectivity index (χ0v) is 8.31. The van der Waals surface area contributed by atoms with Gasteiger partial charge in [-0.2, -0.15) is 0 Å². The molecule has 1 nitrogen and oxygen atoms in total. The SMILES string of the molecule is CC(Br)Cc1ccc(O)c(F)c1. The van der Waals surface area contributed by atoms with E-state index in [1.165, 1.54) is 12.1 Å².